The van der Waals surface area contributed by atoms with Crippen LogP contribution in [0, 0.1) is 0 Å². The molecule has 0 saturated carbocycles. The first-order chi connectivity index (χ1) is 19.4. The number of Topliss-reactive ketones (excluding diaryl/α,β-unsaturated/α-hetero) is 1. The lowest BCUT2D eigenvalue weighted by Crippen LogP contribution is -2.56. The number of hydrogen-bond donors (Lipinski definition) is 2. The zero-order chi connectivity index (χ0) is 30.7. The van der Waals surface area contributed by atoms with E-state index in [1.54, 1.807) is 6.07 Å². The molecule has 41 heavy (non-hydrogen) atoms. The molecule has 2 aromatic rings. The van der Waals surface area contributed by atoms with Crippen molar-refractivity contribution in [2.45, 2.75) is 64.4 Å². The zero-order valence-corrected chi connectivity index (χ0v) is 23.2. The van der Waals surface area contributed by atoms with Crippen LogP contribution in [0.2, 0.25) is 0 Å². The van der Waals surface area contributed by atoms with Gasteiger partial charge in [-0.05, 0) is 31.5 Å². The standard InChI is InChI=1S/C27H35N3O11/c1-5-11-28-25(36)29(14-17(2)31)27(38)30(26(28)37)15-21(33)16-41-23(34)8-6-7-20(32)13-19-12-18(24(35)40-4)9-10-22(19)39-3/h5,9-10,12,17,21,31,33H,1,6-8,11,13-16H2,2-4H3. The molecular weight excluding hydrogens is 542 g/mol. The molecular formula is C27H35N3O11. The summed E-state index contributed by atoms with van der Waals surface area (Å²) in [5, 5.41) is 20.0. The molecule has 0 radical (unpaired) electrons. The van der Waals surface area contributed by atoms with Gasteiger partial charge in [0.1, 0.15) is 24.2 Å². The Kier molecular flexibility index (Phi) is 12.4. The van der Waals surface area contributed by atoms with Crippen molar-refractivity contribution in [3.05, 3.63) is 73.4 Å². The predicted octanol–water partition coefficient (Wildman–Crippen LogP) is -0.580. The van der Waals surface area contributed by atoms with E-state index in [1.165, 1.54) is 39.4 Å². The van der Waals surface area contributed by atoms with Crippen LogP contribution >= 0.6 is 0 Å². The van der Waals surface area contributed by atoms with Crippen LogP contribution in [0.1, 0.15) is 42.1 Å². The van der Waals surface area contributed by atoms with Gasteiger partial charge in [-0.25, -0.2) is 32.9 Å². The third-order valence-electron chi connectivity index (χ3n) is 5.90. The maximum atomic E-state index is 12.7. The second kappa shape index (κ2) is 15.5. The van der Waals surface area contributed by atoms with E-state index in [9.17, 15) is 39.0 Å². The minimum atomic E-state index is -1.46. The number of methoxy groups -OCH3 is 2. The number of aliphatic hydroxyl groups excluding tert-OH is 2. The molecule has 0 amide bonds. The molecule has 0 aliphatic rings. The molecule has 0 bridgehead atoms. The maximum absolute atomic E-state index is 12.7. The average Bonchev–Trinajstić information content (AvgIpc) is 2.94. The number of benzene rings is 1. The number of ether oxygens (including phenoxy) is 3. The summed E-state index contributed by atoms with van der Waals surface area (Å²) in [5.74, 6) is -1.05. The number of allylic oxidation sites excluding steroid dienone is 1. The highest BCUT2D eigenvalue weighted by Gasteiger charge is 2.20. The summed E-state index contributed by atoms with van der Waals surface area (Å²) in [6.45, 7) is 3.13. The van der Waals surface area contributed by atoms with Crippen molar-refractivity contribution >= 4 is 17.7 Å². The molecule has 14 nitrogen and oxygen atoms in total. The maximum Gasteiger partial charge on any atom is 0.337 e. The molecule has 2 N–H and O–H groups in total. The molecule has 2 atom stereocenters. The van der Waals surface area contributed by atoms with Crippen molar-refractivity contribution in [2.24, 2.45) is 0 Å². The fourth-order valence-electron chi connectivity index (χ4n) is 3.96. The molecule has 0 spiro atoms. The number of carbonyl (C=O) groups is 3. The van der Waals surface area contributed by atoms with Gasteiger partial charge in [-0.2, -0.15) is 0 Å². The Balaban J connectivity index is 1.94. The predicted molar refractivity (Wildman–Crippen MR) is 145 cm³/mol. The van der Waals surface area contributed by atoms with Gasteiger partial charge in [-0.3, -0.25) is 9.59 Å². The third-order valence-corrected chi connectivity index (χ3v) is 5.90. The summed E-state index contributed by atoms with van der Waals surface area (Å²) in [7, 11) is 2.68. The fourth-order valence-corrected chi connectivity index (χ4v) is 3.96. The van der Waals surface area contributed by atoms with Gasteiger partial charge in [0.25, 0.3) is 0 Å². The lowest BCUT2D eigenvalue weighted by Gasteiger charge is -2.16. The van der Waals surface area contributed by atoms with Gasteiger partial charge in [0.2, 0.25) is 0 Å². The molecule has 0 fully saturated rings. The van der Waals surface area contributed by atoms with E-state index in [0.717, 1.165) is 4.57 Å². The van der Waals surface area contributed by atoms with E-state index in [2.05, 4.69) is 6.58 Å². The van der Waals surface area contributed by atoms with Crippen molar-refractivity contribution in [3.8, 4) is 5.75 Å². The van der Waals surface area contributed by atoms with Crippen LogP contribution in [-0.4, -0.2) is 74.7 Å². The molecule has 1 heterocycles. The quantitative estimate of drug-likeness (QED) is 0.192. The van der Waals surface area contributed by atoms with Crippen molar-refractivity contribution in [3.63, 3.8) is 0 Å². The average molecular weight is 578 g/mol. The first-order valence-corrected chi connectivity index (χ1v) is 12.8. The molecule has 0 aliphatic heterocycles. The fraction of sp³-hybridized carbons (Fsp3) is 0.481. The molecule has 0 saturated heterocycles. The van der Waals surface area contributed by atoms with Crippen molar-refractivity contribution in [2.75, 3.05) is 20.8 Å². The lowest BCUT2D eigenvalue weighted by molar-refractivity contribution is -0.147. The normalized spacial score (nSPS) is 12.3. The van der Waals surface area contributed by atoms with Crippen LogP contribution in [-0.2, 0) is 45.1 Å². The minimum Gasteiger partial charge on any atom is -0.496 e. The number of ketones is 1. The second-order valence-electron chi connectivity index (χ2n) is 9.24. The van der Waals surface area contributed by atoms with E-state index < -0.39 is 54.4 Å². The molecule has 2 rings (SSSR count). The Morgan fingerprint density at radius 3 is 2.20 bits per heavy atom. The van der Waals surface area contributed by atoms with Gasteiger partial charge in [0, 0.05) is 24.8 Å². The van der Waals surface area contributed by atoms with Gasteiger partial charge < -0.3 is 24.4 Å². The Labute approximate surface area is 235 Å². The number of nitrogens with zero attached hydrogens (tertiary/aromatic N) is 3. The summed E-state index contributed by atoms with van der Waals surface area (Å²) in [6, 6.07) is 4.58. The largest absolute Gasteiger partial charge is 0.496 e. The highest BCUT2D eigenvalue weighted by Crippen LogP contribution is 2.22. The first-order valence-electron chi connectivity index (χ1n) is 12.8. The number of hydrogen-bond acceptors (Lipinski definition) is 11. The molecule has 2 unspecified atom stereocenters. The van der Waals surface area contributed by atoms with Gasteiger partial charge in [0.05, 0.1) is 45.5 Å². The Bertz CT molecular complexity index is 1440. The lowest BCUT2D eigenvalue weighted by atomic mass is 10.0. The molecule has 14 heteroatoms. The summed E-state index contributed by atoms with van der Waals surface area (Å²) < 4.78 is 17.0. The van der Waals surface area contributed by atoms with Crippen LogP contribution < -0.4 is 21.8 Å². The summed E-state index contributed by atoms with van der Waals surface area (Å²) in [6.07, 6.45) is -1.22. The number of aliphatic hydroxyl groups is 2. The van der Waals surface area contributed by atoms with Gasteiger partial charge >= 0.3 is 29.0 Å². The zero-order valence-electron chi connectivity index (χ0n) is 23.2. The molecule has 0 aliphatic carbocycles. The monoisotopic (exact) mass is 577 g/mol. The second-order valence-corrected chi connectivity index (χ2v) is 9.24. The summed E-state index contributed by atoms with van der Waals surface area (Å²) in [5.41, 5.74) is -2.18. The van der Waals surface area contributed by atoms with Crippen molar-refractivity contribution in [1.29, 1.82) is 0 Å². The van der Waals surface area contributed by atoms with Crippen LogP contribution in [0.3, 0.4) is 0 Å². The highest BCUT2D eigenvalue weighted by molar-refractivity contribution is 5.90. The van der Waals surface area contributed by atoms with Crippen LogP contribution in [0.4, 0.5) is 0 Å². The van der Waals surface area contributed by atoms with E-state index >= 15 is 0 Å². The number of aromatic nitrogens is 3. The van der Waals surface area contributed by atoms with Crippen LogP contribution in [0.5, 0.6) is 5.75 Å². The van der Waals surface area contributed by atoms with Crippen molar-refractivity contribution < 1.29 is 38.8 Å². The van der Waals surface area contributed by atoms with Crippen molar-refractivity contribution in [1.82, 2.24) is 13.7 Å². The topological polar surface area (TPSA) is 185 Å². The van der Waals surface area contributed by atoms with Gasteiger partial charge in [0.15, 0.2) is 0 Å². The first kappa shape index (κ1) is 32.9. The van der Waals surface area contributed by atoms with E-state index in [4.69, 9.17) is 14.2 Å². The van der Waals surface area contributed by atoms with E-state index in [-0.39, 0.29) is 50.1 Å². The van der Waals surface area contributed by atoms with Gasteiger partial charge in [-0.15, -0.1) is 6.58 Å². The third kappa shape index (κ3) is 9.11. The summed E-state index contributed by atoms with van der Waals surface area (Å²) >= 11 is 0. The van der Waals surface area contributed by atoms with E-state index in [1.807, 2.05) is 0 Å². The Morgan fingerprint density at radius 1 is 0.976 bits per heavy atom. The van der Waals surface area contributed by atoms with Gasteiger partial charge in [-0.1, -0.05) is 6.08 Å². The Hall–Kier alpha value is -4.30. The highest BCUT2D eigenvalue weighted by atomic mass is 16.5. The van der Waals surface area contributed by atoms with E-state index in [0.29, 0.717) is 20.4 Å². The summed E-state index contributed by atoms with van der Waals surface area (Å²) in [4.78, 5) is 74.3. The Morgan fingerprint density at radius 2 is 1.61 bits per heavy atom. The SMILES string of the molecule is C=CCn1c(=O)n(CC(C)O)c(=O)n(CC(O)COC(=O)CCCC(=O)Cc2cc(C(=O)OC)ccc2OC)c1=O. The smallest absolute Gasteiger partial charge is 0.337 e. The number of rotatable bonds is 16. The molecule has 1 aromatic heterocycles. The minimum absolute atomic E-state index is 0.0306. The molecule has 1 aromatic carbocycles. The van der Waals surface area contributed by atoms with Crippen LogP contribution in [0.15, 0.2) is 45.2 Å². The molecule has 224 valence electrons. The van der Waals surface area contributed by atoms with Crippen LogP contribution in [0.25, 0.3) is 0 Å². The number of carbonyl (C=O) groups excluding carboxylic acids is 3. The number of esters is 2.